The monoisotopic (exact) mass is 272 g/mol. The largest absolute Gasteiger partial charge is 0.339 e. The quantitative estimate of drug-likeness (QED) is 0.929. The number of aromatic nitrogens is 3. The average Bonchev–Trinajstić information content (AvgIpc) is 2.97. The van der Waals surface area contributed by atoms with Gasteiger partial charge in [0.1, 0.15) is 5.69 Å². The van der Waals surface area contributed by atoms with Crippen molar-refractivity contribution in [2.75, 3.05) is 6.54 Å². The Morgan fingerprint density at radius 3 is 2.70 bits per heavy atom. The van der Waals surface area contributed by atoms with Gasteiger partial charge in [-0.05, 0) is 57.2 Å². The van der Waals surface area contributed by atoms with E-state index in [-0.39, 0.29) is 0 Å². The van der Waals surface area contributed by atoms with Crippen LogP contribution in [0, 0.1) is 12.8 Å². The minimum atomic E-state index is 0.379. The van der Waals surface area contributed by atoms with Gasteiger partial charge in [0.05, 0.1) is 0 Å². The normalized spacial score (nSPS) is 22.9. The van der Waals surface area contributed by atoms with Gasteiger partial charge < -0.3 is 10.3 Å². The Bertz CT molecular complexity index is 573. The number of nitrogens with zero attached hydrogens (tertiary/aromatic N) is 3. The first kappa shape index (κ1) is 13.2. The van der Waals surface area contributed by atoms with E-state index in [1.165, 1.54) is 0 Å². The smallest absolute Gasteiger partial charge is 0.230 e. The van der Waals surface area contributed by atoms with Crippen molar-refractivity contribution >= 4 is 0 Å². The van der Waals surface area contributed by atoms with E-state index < -0.39 is 0 Å². The summed E-state index contributed by atoms with van der Waals surface area (Å²) in [5.41, 5.74) is 7.45. The second kappa shape index (κ2) is 5.71. The van der Waals surface area contributed by atoms with Crippen molar-refractivity contribution in [3.8, 4) is 11.5 Å². The second-order valence-electron chi connectivity index (χ2n) is 5.57. The van der Waals surface area contributed by atoms with E-state index in [1.807, 2.05) is 25.1 Å². The van der Waals surface area contributed by atoms with Crippen molar-refractivity contribution in [2.24, 2.45) is 11.7 Å². The number of pyridine rings is 1. The molecule has 5 nitrogen and oxygen atoms in total. The molecule has 0 radical (unpaired) electrons. The lowest BCUT2D eigenvalue weighted by molar-refractivity contribution is 0.275. The Morgan fingerprint density at radius 2 is 2.00 bits per heavy atom. The standard InChI is InChI=1S/C15H20N4O/c1-10-3-2-4-13(17-10)14-18-15(20-19-14)12-7-5-11(9-16)6-8-12/h2-4,11-12H,5-9,16H2,1H3. The van der Waals surface area contributed by atoms with Crippen LogP contribution in [0.1, 0.15) is 43.2 Å². The Labute approximate surface area is 118 Å². The fourth-order valence-electron chi connectivity index (χ4n) is 2.82. The molecular formula is C15H20N4O. The second-order valence-corrected chi connectivity index (χ2v) is 5.57. The Morgan fingerprint density at radius 1 is 1.20 bits per heavy atom. The van der Waals surface area contributed by atoms with Gasteiger partial charge in [0.15, 0.2) is 0 Å². The van der Waals surface area contributed by atoms with E-state index in [0.29, 0.717) is 17.7 Å². The summed E-state index contributed by atoms with van der Waals surface area (Å²) in [6, 6.07) is 5.83. The van der Waals surface area contributed by atoms with E-state index in [9.17, 15) is 0 Å². The predicted molar refractivity (Wildman–Crippen MR) is 76.0 cm³/mol. The van der Waals surface area contributed by atoms with Crippen LogP contribution >= 0.6 is 0 Å². The maximum Gasteiger partial charge on any atom is 0.230 e. The Kier molecular flexibility index (Phi) is 3.78. The Hall–Kier alpha value is -1.75. The summed E-state index contributed by atoms with van der Waals surface area (Å²) in [6.07, 6.45) is 4.48. The van der Waals surface area contributed by atoms with Crippen LogP contribution in [0.2, 0.25) is 0 Å². The van der Waals surface area contributed by atoms with Crippen molar-refractivity contribution in [2.45, 2.75) is 38.5 Å². The van der Waals surface area contributed by atoms with E-state index in [2.05, 4.69) is 15.1 Å². The van der Waals surface area contributed by atoms with Crippen molar-refractivity contribution in [1.29, 1.82) is 0 Å². The zero-order valence-corrected chi connectivity index (χ0v) is 11.7. The molecule has 0 aromatic carbocycles. The number of hydrogen-bond acceptors (Lipinski definition) is 5. The summed E-state index contributed by atoms with van der Waals surface area (Å²) >= 11 is 0. The summed E-state index contributed by atoms with van der Waals surface area (Å²) < 4.78 is 5.43. The van der Waals surface area contributed by atoms with E-state index >= 15 is 0 Å². The van der Waals surface area contributed by atoms with Crippen LogP contribution in [0.25, 0.3) is 11.5 Å². The molecule has 20 heavy (non-hydrogen) atoms. The fourth-order valence-corrected chi connectivity index (χ4v) is 2.82. The molecule has 0 bridgehead atoms. The molecule has 0 spiro atoms. The molecule has 5 heteroatoms. The third-order valence-electron chi connectivity index (χ3n) is 4.09. The molecule has 2 aromatic rings. The topological polar surface area (TPSA) is 77.8 Å². The van der Waals surface area contributed by atoms with E-state index in [1.54, 1.807) is 0 Å². The lowest BCUT2D eigenvalue weighted by Crippen LogP contribution is -2.20. The molecule has 1 aliphatic rings. The van der Waals surface area contributed by atoms with Crippen LogP contribution < -0.4 is 5.73 Å². The average molecular weight is 272 g/mol. The zero-order valence-electron chi connectivity index (χ0n) is 11.7. The number of nitrogens with two attached hydrogens (primary N) is 1. The molecule has 1 aliphatic carbocycles. The van der Waals surface area contributed by atoms with Crippen LogP contribution in [0.5, 0.6) is 0 Å². The van der Waals surface area contributed by atoms with E-state index in [4.69, 9.17) is 10.3 Å². The highest BCUT2D eigenvalue weighted by Crippen LogP contribution is 2.35. The molecule has 0 amide bonds. The van der Waals surface area contributed by atoms with Crippen LogP contribution in [0.15, 0.2) is 22.7 Å². The van der Waals surface area contributed by atoms with Crippen molar-refractivity contribution in [3.63, 3.8) is 0 Å². The zero-order chi connectivity index (χ0) is 13.9. The summed E-state index contributed by atoms with van der Waals surface area (Å²) in [4.78, 5) is 8.95. The molecule has 1 fully saturated rings. The Balaban J connectivity index is 1.74. The molecule has 106 valence electrons. The number of aryl methyl sites for hydroxylation is 1. The molecule has 2 N–H and O–H groups in total. The molecule has 1 saturated carbocycles. The van der Waals surface area contributed by atoms with Crippen LogP contribution in [-0.2, 0) is 0 Å². The van der Waals surface area contributed by atoms with Gasteiger partial charge in [-0.1, -0.05) is 11.2 Å². The van der Waals surface area contributed by atoms with Crippen molar-refractivity contribution in [1.82, 2.24) is 15.1 Å². The summed E-state index contributed by atoms with van der Waals surface area (Å²) in [5, 5.41) is 4.07. The molecule has 0 saturated heterocycles. The van der Waals surface area contributed by atoms with Crippen LogP contribution in [0.4, 0.5) is 0 Å². The highest BCUT2D eigenvalue weighted by molar-refractivity contribution is 5.48. The highest BCUT2D eigenvalue weighted by Gasteiger charge is 2.26. The van der Waals surface area contributed by atoms with Gasteiger partial charge in [-0.2, -0.15) is 4.98 Å². The summed E-state index contributed by atoms with van der Waals surface area (Å²) in [6.45, 7) is 2.74. The van der Waals surface area contributed by atoms with E-state index in [0.717, 1.165) is 49.5 Å². The summed E-state index contributed by atoms with van der Waals surface area (Å²) in [7, 11) is 0. The molecule has 0 atom stereocenters. The van der Waals surface area contributed by atoms with Crippen LogP contribution in [0.3, 0.4) is 0 Å². The molecular weight excluding hydrogens is 252 g/mol. The molecule has 0 unspecified atom stereocenters. The molecule has 0 aliphatic heterocycles. The number of hydrogen-bond donors (Lipinski definition) is 1. The van der Waals surface area contributed by atoms with Crippen molar-refractivity contribution in [3.05, 3.63) is 29.8 Å². The fraction of sp³-hybridized carbons (Fsp3) is 0.533. The van der Waals surface area contributed by atoms with Gasteiger partial charge in [0.25, 0.3) is 0 Å². The van der Waals surface area contributed by atoms with Gasteiger partial charge in [-0.15, -0.1) is 0 Å². The first-order valence-electron chi connectivity index (χ1n) is 7.24. The minimum Gasteiger partial charge on any atom is -0.339 e. The molecule has 3 rings (SSSR count). The predicted octanol–water partition coefficient (Wildman–Crippen LogP) is 2.67. The lowest BCUT2D eigenvalue weighted by Gasteiger charge is -2.24. The SMILES string of the molecule is Cc1cccc(-c2noc(C3CCC(CN)CC3)n2)n1. The van der Waals surface area contributed by atoms with Gasteiger partial charge in [-0.25, -0.2) is 4.98 Å². The van der Waals surface area contributed by atoms with Gasteiger partial charge in [-0.3, -0.25) is 0 Å². The minimum absolute atomic E-state index is 0.379. The van der Waals surface area contributed by atoms with Crippen LogP contribution in [-0.4, -0.2) is 21.7 Å². The van der Waals surface area contributed by atoms with Gasteiger partial charge in [0, 0.05) is 11.6 Å². The molecule has 2 aromatic heterocycles. The lowest BCUT2D eigenvalue weighted by atomic mass is 9.82. The van der Waals surface area contributed by atoms with Gasteiger partial charge in [0.2, 0.25) is 11.7 Å². The summed E-state index contributed by atoms with van der Waals surface area (Å²) in [5.74, 6) is 2.37. The highest BCUT2D eigenvalue weighted by atomic mass is 16.5. The van der Waals surface area contributed by atoms with Crippen molar-refractivity contribution < 1.29 is 4.52 Å². The number of rotatable bonds is 3. The van der Waals surface area contributed by atoms with Gasteiger partial charge >= 0.3 is 0 Å². The molecule has 2 heterocycles. The third-order valence-corrected chi connectivity index (χ3v) is 4.09. The first-order chi connectivity index (χ1) is 9.76. The maximum absolute atomic E-state index is 5.72. The maximum atomic E-state index is 5.72. The third kappa shape index (κ3) is 2.72. The first-order valence-corrected chi connectivity index (χ1v) is 7.24.